The third kappa shape index (κ3) is 1.59. The van der Waals surface area contributed by atoms with Crippen molar-refractivity contribution in [3.8, 4) is 0 Å². The molecule has 0 spiro atoms. The molecule has 0 amide bonds. The van der Waals surface area contributed by atoms with Gasteiger partial charge >= 0.3 is 0 Å². The summed E-state index contributed by atoms with van der Waals surface area (Å²) in [6.45, 7) is 2.21. The van der Waals surface area contributed by atoms with Gasteiger partial charge < -0.3 is 10.3 Å². The fourth-order valence-corrected chi connectivity index (χ4v) is 3.07. The van der Waals surface area contributed by atoms with Crippen molar-refractivity contribution in [3.63, 3.8) is 0 Å². The molecule has 2 N–H and O–H groups in total. The van der Waals surface area contributed by atoms with E-state index in [1.165, 1.54) is 27.7 Å². The standard InChI is InChI=1S/C15H20N2/c1-3-10-4-6-14-12(8-10)13-9-11(16)5-7-15(13)17(14)2/h4,6,8,11H,3,5,7,9,16H2,1-2H3. The number of rotatable bonds is 1. The molecule has 0 saturated heterocycles. The average molecular weight is 228 g/mol. The number of aromatic nitrogens is 1. The number of aryl methyl sites for hydroxylation is 2. The summed E-state index contributed by atoms with van der Waals surface area (Å²) in [5.74, 6) is 0. The molecule has 90 valence electrons. The van der Waals surface area contributed by atoms with Gasteiger partial charge in [0.1, 0.15) is 0 Å². The van der Waals surface area contributed by atoms with Gasteiger partial charge in [0, 0.05) is 29.7 Å². The first-order chi connectivity index (χ1) is 8.20. The predicted molar refractivity (Wildman–Crippen MR) is 72.3 cm³/mol. The van der Waals surface area contributed by atoms with Gasteiger partial charge in [-0.05, 0) is 48.9 Å². The van der Waals surface area contributed by atoms with Crippen LogP contribution in [0.1, 0.15) is 30.2 Å². The molecule has 1 aromatic heterocycles. The second-order valence-corrected chi connectivity index (χ2v) is 5.19. The van der Waals surface area contributed by atoms with Crippen LogP contribution in [0.2, 0.25) is 0 Å². The maximum atomic E-state index is 6.11. The summed E-state index contributed by atoms with van der Waals surface area (Å²) in [5.41, 5.74) is 11.9. The van der Waals surface area contributed by atoms with Crippen LogP contribution in [0, 0.1) is 0 Å². The van der Waals surface area contributed by atoms with E-state index in [4.69, 9.17) is 5.73 Å². The lowest BCUT2D eigenvalue weighted by Gasteiger charge is -2.19. The summed E-state index contributed by atoms with van der Waals surface area (Å²) in [7, 11) is 2.18. The van der Waals surface area contributed by atoms with E-state index in [0.29, 0.717) is 6.04 Å². The first-order valence-electron chi connectivity index (χ1n) is 6.55. The van der Waals surface area contributed by atoms with Gasteiger partial charge in [-0.25, -0.2) is 0 Å². The lowest BCUT2D eigenvalue weighted by atomic mass is 9.91. The van der Waals surface area contributed by atoms with E-state index in [-0.39, 0.29) is 0 Å². The SMILES string of the molecule is CCc1ccc2c(c1)c1c(n2C)CCC(N)C1. The zero-order valence-corrected chi connectivity index (χ0v) is 10.7. The largest absolute Gasteiger partial charge is 0.347 e. The number of nitrogens with zero attached hydrogens (tertiary/aromatic N) is 1. The molecule has 1 aliphatic carbocycles. The first-order valence-corrected chi connectivity index (χ1v) is 6.55. The van der Waals surface area contributed by atoms with Gasteiger partial charge in [0.05, 0.1) is 0 Å². The molecule has 0 saturated carbocycles. The zero-order valence-electron chi connectivity index (χ0n) is 10.7. The number of fused-ring (bicyclic) bond motifs is 3. The minimum atomic E-state index is 0.346. The monoisotopic (exact) mass is 228 g/mol. The van der Waals surface area contributed by atoms with E-state index in [2.05, 4.69) is 36.7 Å². The Kier molecular flexibility index (Phi) is 2.48. The lowest BCUT2D eigenvalue weighted by Crippen LogP contribution is -2.28. The van der Waals surface area contributed by atoms with Crippen LogP contribution in [0.5, 0.6) is 0 Å². The van der Waals surface area contributed by atoms with Gasteiger partial charge in [0.15, 0.2) is 0 Å². The van der Waals surface area contributed by atoms with Crippen molar-refractivity contribution in [2.75, 3.05) is 0 Å². The minimum Gasteiger partial charge on any atom is -0.347 e. The Hall–Kier alpha value is -1.28. The van der Waals surface area contributed by atoms with Crippen LogP contribution in [-0.4, -0.2) is 10.6 Å². The maximum Gasteiger partial charge on any atom is 0.0482 e. The normalized spacial score (nSPS) is 19.6. The van der Waals surface area contributed by atoms with E-state index in [0.717, 1.165) is 25.7 Å². The van der Waals surface area contributed by atoms with Crippen molar-refractivity contribution >= 4 is 10.9 Å². The lowest BCUT2D eigenvalue weighted by molar-refractivity contribution is 0.562. The second kappa shape index (κ2) is 3.88. The molecule has 0 radical (unpaired) electrons. The van der Waals surface area contributed by atoms with Crippen LogP contribution in [0.15, 0.2) is 18.2 Å². The Morgan fingerprint density at radius 3 is 3.00 bits per heavy atom. The van der Waals surface area contributed by atoms with Gasteiger partial charge in [-0.2, -0.15) is 0 Å². The molecule has 1 heterocycles. The summed E-state index contributed by atoms with van der Waals surface area (Å²) >= 11 is 0. The van der Waals surface area contributed by atoms with Crippen molar-refractivity contribution in [1.29, 1.82) is 0 Å². The predicted octanol–water partition coefficient (Wildman–Crippen LogP) is 2.56. The van der Waals surface area contributed by atoms with Crippen molar-refractivity contribution in [1.82, 2.24) is 4.57 Å². The zero-order chi connectivity index (χ0) is 12.0. The molecule has 1 aromatic carbocycles. The van der Waals surface area contributed by atoms with Gasteiger partial charge in [-0.15, -0.1) is 0 Å². The van der Waals surface area contributed by atoms with Crippen LogP contribution in [0.4, 0.5) is 0 Å². The highest BCUT2D eigenvalue weighted by Crippen LogP contribution is 2.31. The smallest absolute Gasteiger partial charge is 0.0482 e. The van der Waals surface area contributed by atoms with Crippen LogP contribution < -0.4 is 5.73 Å². The number of hydrogen-bond acceptors (Lipinski definition) is 1. The number of nitrogens with two attached hydrogens (primary N) is 1. The molecule has 3 rings (SSSR count). The van der Waals surface area contributed by atoms with E-state index < -0.39 is 0 Å². The van der Waals surface area contributed by atoms with Crippen LogP contribution in [-0.2, 0) is 26.3 Å². The Bertz CT molecular complexity index is 566. The fourth-order valence-electron chi connectivity index (χ4n) is 3.07. The van der Waals surface area contributed by atoms with Gasteiger partial charge in [-0.1, -0.05) is 13.0 Å². The van der Waals surface area contributed by atoms with Crippen molar-refractivity contribution in [3.05, 3.63) is 35.0 Å². The van der Waals surface area contributed by atoms with Crippen molar-refractivity contribution < 1.29 is 0 Å². The highest BCUT2D eigenvalue weighted by Gasteiger charge is 2.22. The van der Waals surface area contributed by atoms with Crippen molar-refractivity contribution in [2.45, 2.75) is 38.6 Å². The fraction of sp³-hybridized carbons (Fsp3) is 0.467. The number of benzene rings is 1. The Morgan fingerprint density at radius 2 is 2.24 bits per heavy atom. The van der Waals surface area contributed by atoms with Gasteiger partial charge in [0.2, 0.25) is 0 Å². The summed E-state index contributed by atoms with van der Waals surface area (Å²) in [6.07, 6.45) is 4.40. The molecule has 2 heteroatoms. The van der Waals surface area contributed by atoms with Crippen LogP contribution >= 0.6 is 0 Å². The summed E-state index contributed by atoms with van der Waals surface area (Å²) in [6, 6.07) is 7.20. The molecular formula is C15H20N2. The summed E-state index contributed by atoms with van der Waals surface area (Å²) < 4.78 is 2.36. The molecule has 17 heavy (non-hydrogen) atoms. The molecule has 0 fully saturated rings. The maximum absolute atomic E-state index is 6.11. The second-order valence-electron chi connectivity index (χ2n) is 5.19. The Morgan fingerprint density at radius 1 is 1.41 bits per heavy atom. The average Bonchev–Trinajstić information content (AvgIpc) is 2.62. The van der Waals surface area contributed by atoms with E-state index in [9.17, 15) is 0 Å². The number of hydrogen-bond donors (Lipinski definition) is 1. The Balaban J connectivity index is 2.27. The molecule has 0 aliphatic heterocycles. The minimum absolute atomic E-state index is 0.346. The molecule has 1 unspecified atom stereocenters. The van der Waals surface area contributed by atoms with Crippen molar-refractivity contribution in [2.24, 2.45) is 12.8 Å². The summed E-state index contributed by atoms with van der Waals surface area (Å²) in [4.78, 5) is 0. The van der Waals surface area contributed by atoms with E-state index in [1.807, 2.05) is 0 Å². The van der Waals surface area contributed by atoms with E-state index >= 15 is 0 Å². The van der Waals surface area contributed by atoms with Crippen LogP contribution in [0.3, 0.4) is 0 Å². The topological polar surface area (TPSA) is 30.9 Å². The molecule has 1 atom stereocenters. The summed E-state index contributed by atoms with van der Waals surface area (Å²) in [5, 5.41) is 1.43. The van der Waals surface area contributed by atoms with Gasteiger partial charge in [0.25, 0.3) is 0 Å². The highest BCUT2D eigenvalue weighted by molar-refractivity contribution is 5.86. The van der Waals surface area contributed by atoms with Crippen LogP contribution in [0.25, 0.3) is 10.9 Å². The highest BCUT2D eigenvalue weighted by atomic mass is 15.0. The third-order valence-electron chi connectivity index (χ3n) is 4.13. The van der Waals surface area contributed by atoms with E-state index in [1.54, 1.807) is 0 Å². The molecule has 0 bridgehead atoms. The molecule has 2 nitrogen and oxygen atoms in total. The molecule has 1 aliphatic rings. The van der Waals surface area contributed by atoms with Gasteiger partial charge in [-0.3, -0.25) is 0 Å². The quantitative estimate of drug-likeness (QED) is 0.799. The molecule has 2 aromatic rings. The molecular weight excluding hydrogens is 208 g/mol. The third-order valence-corrected chi connectivity index (χ3v) is 4.13. The Labute approximate surface area is 102 Å². The first kappa shape index (κ1) is 10.8.